The Kier molecular flexibility index (Phi) is 1.95. The van der Waals surface area contributed by atoms with Crippen molar-refractivity contribution in [1.29, 1.82) is 0 Å². The summed E-state index contributed by atoms with van der Waals surface area (Å²) in [7, 11) is -0.622. The molecule has 0 bridgehead atoms. The van der Waals surface area contributed by atoms with Crippen LogP contribution in [0.15, 0.2) is 0 Å². The molecule has 0 atom stereocenters. The fourth-order valence-corrected chi connectivity index (χ4v) is 0. The Morgan fingerprint density at radius 2 is 1.80 bits per heavy atom. The van der Waals surface area contributed by atoms with Gasteiger partial charge in [0.25, 0.3) is 0 Å². The average molecular weight is 84.2 g/mol. The molecule has 0 heterocycles. The molecule has 0 spiro atoms. The number of hydrogen-bond acceptors (Lipinski definition) is 0. The Morgan fingerprint density at radius 1 is 1.60 bits per heavy atom. The molecule has 0 aliphatic carbocycles. The summed E-state index contributed by atoms with van der Waals surface area (Å²) in [5.74, 6) is 0. The van der Waals surface area contributed by atoms with Crippen LogP contribution in [-0.2, 0) is 0 Å². The molecular weight excluding hydrogens is 76.1 g/mol. The fourth-order valence-electron chi connectivity index (χ4n) is 0. The smallest absolute Gasteiger partial charge is 0.116 e. The quantitative estimate of drug-likeness (QED) is 0.298. The molecule has 0 saturated heterocycles. The van der Waals surface area contributed by atoms with E-state index in [9.17, 15) is 0 Å². The molecule has 0 N–H and O–H groups in total. The van der Waals surface area contributed by atoms with Gasteiger partial charge in [-0.05, 0) is 0 Å². The molecular formula is C4H8Si. The van der Waals surface area contributed by atoms with Gasteiger partial charge in [0, 0.05) is 0 Å². The van der Waals surface area contributed by atoms with E-state index in [2.05, 4.69) is 18.6 Å². The highest BCUT2D eigenvalue weighted by atomic mass is 28.3. The second kappa shape index (κ2) is 2.04. The molecule has 0 unspecified atom stereocenters. The van der Waals surface area contributed by atoms with Crippen LogP contribution >= 0.6 is 0 Å². The Balaban J connectivity index is 2.94. The van der Waals surface area contributed by atoms with Crippen molar-refractivity contribution < 1.29 is 0 Å². The first-order valence-electron chi connectivity index (χ1n) is 1.73. The van der Waals surface area contributed by atoms with Crippen LogP contribution in [-0.4, -0.2) is 8.80 Å². The predicted molar refractivity (Wildman–Crippen MR) is 27.7 cm³/mol. The van der Waals surface area contributed by atoms with Crippen molar-refractivity contribution in [2.45, 2.75) is 13.1 Å². The van der Waals surface area contributed by atoms with Crippen LogP contribution in [0.25, 0.3) is 0 Å². The van der Waals surface area contributed by atoms with E-state index in [4.69, 9.17) is 6.42 Å². The third-order valence-electron chi connectivity index (χ3n) is 0.333. The van der Waals surface area contributed by atoms with Crippen LogP contribution in [0.4, 0.5) is 0 Å². The van der Waals surface area contributed by atoms with Crippen molar-refractivity contribution in [2.75, 3.05) is 0 Å². The summed E-state index contributed by atoms with van der Waals surface area (Å²) in [5.41, 5.74) is 2.67. The van der Waals surface area contributed by atoms with E-state index in [1.54, 1.807) is 0 Å². The summed E-state index contributed by atoms with van der Waals surface area (Å²) in [6.45, 7) is 4.25. The lowest BCUT2D eigenvalue weighted by Gasteiger charge is -1.76. The van der Waals surface area contributed by atoms with Gasteiger partial charge in [-0.15, -0.1) is 12.0 Å². The molecule has 28 valence electrons. The van der Waals surface area contributed by atoms with Crippen LogP contribution in [0.3, 0.4) is 0 Å². The Morgan fingerprint density at radius 3 is 1.80 bits per heavy atom. The molecule has 5 heavy (non-hydrogen) atoms. The van der Waals surface area contributed by atoms with E-state index in [1.807, 2.05) is 0 Å². The second-order valence-corrected chi connectivity index (χ2v) is 3.96. The van der Waals surface area contributed by atoms with Crippen LogP contribution < -0.4 is 0 Å². The third kappa shape index (κ3) is 3.78. The maximum atomic E-state index is 4.98. The highest BCUT2D eigenvalue weighted by molar-refractivity contribution is 6.64. The maximum Gasteiger partial charge on any atom is 0.116 e. The van der Waals surface area contributed by atoms with Crippen LogP contribution in [0.5, 0.6) is 0 Å². The summed E-state index contributed by atoms with van der Waals surface area (Å²) in [6, 6.07) is 0. The molecule has 0 aromatic carbocycles. The molecule has 0 radical (unpaired) electrons. The van der Waals surface area contributed by atoms with Gasteiger partial charge in [-0.3, -0.25) is 0 Å². The molecule has 0 aliphatic rings. The summed E-state index contributed by atoms with van der Waals surface area (Å²) >= 11 is 0. The minimum atomic E-state index is -0.622. The lowest BCUT2D eigenvalue weighted by molar-refractivity contribution is 2.05. The van der Waals surface area contributed by atoms with E-state index in [-0.39, 0.29) is 0 Å². The van der Waals surface area contributed by atoms with Gasteiger partial charge in [-0.2, -0.15) is 0 Å². The first kappa shape index (κ1) is 4.78. The lowest BCUT2D eigenvalue weighted by Crippen LogP contribution is -1.90. The predicted octanol–water partition coefficient (Wildman–Crippen LogP) is 0.645. The van der Waals surface area contributed by atoms with Crippen molar-refractivity contribution in [3.05, 3.63) is 0 Å². The summed E-state index contributed by atoms with van der Waals surface area (Å²) < 4.78 is 0. The van der Waals surface area contributed by atoms with E-state index < -0.39 is 8.80 Å². The van der Waals surface area contributed by atoms with Crippen molar-refractivity contribution in [1.82, 2.24) is 0 Å². The zero-order chi connectivity index (χ0) is 4.28. The molecule has 0 fully saturated rings. The molecule has 0 aromatic heterocycles. The summed E-state index contributed by atoms with van der Waals surface area (Å²) in [6.07, 6.45) is 4.98. The number of hydrogen-bond donors (Lipinski definition) is 0. The van der Waals surface area contributed by atoms with Gasteiger partial charge in [0.2, 0.25) is 0 Å². The third-order valence-corrected chi connectivity index (χ3v) is 1.00. The van der Waals surface area contributed by atoms with E-state index in [1.165, 1.54) is 0 Å². The normalized spacial score (nSPS) is 7.60. The minimum absolute atomic E-state index is 0.622. The molecule has 0 rings (SSSR count). The molecule has 0 amide bonds. The zero-order valence-electron chi connectivity index (χ0n) is 3.65. The largest absolute Gasteiger partial charge is 0.139 e. The van der Waals surface area contributed by atoms with E-state index in [0.29, 0.717) is 0 Å². The summed E-state index contributed by atoms with van der Waals surface area (Å²) in [4.78, 5) is 0. The van der Waals surface area contributed by atoms with E-state index in [0.717, 1.165) is 0 Å². The second-order valence-electron chi connectivity index (χ2n) is 1.32. The highest BCUT2D eigenvalue weighted by Crippen LogP contribution is 1.67. The van der Waals surface area contributed by atoms with Crippen molar-refractivity contribution in [2.24, 2.45) is 0 Å². The molecule has 0 aliphatic heterocycles. The van der Waals surface area contributed by atoms with Crippen molar-refractivity contribution >= 4 is 8.80 Å². The maximum absolute atomic E-state index is 4.98. The topological polar surface area (TPSA) is 0 Å². The monoisotopic (exact) mass is 84.0 g/mol. The molecule has 0 aromatic rings. The van der Waals surface area contributed by atoms with Crippen LogP contribution in [0.2, 0.25) is 13.1 Å². The number of rotatable bonds is 0. The first-order chi connectivity index (χ1) is 2.27. The van der Waals surface area contributed by atoms with Gasteiger partial charge in [-0.1, -0.05) is 13.1 Å². The van der Waals surface area contributed by atoms with Crippen molar-refractivity contribution in [3.8, 4) is 12.0 Å². The van der Waals surface area contributed by atoms with Gasteiger partial charge >= 0.3 is 0 Å². The van der Waals surface area contributed by atoms with Gasteiger partial charge < -0.3 is 0 Å². The minimum Gasteiger partial charge on any atom is -0.139 e. The van der Waals surface area contributed by atoms with Crippen molar-refractivity contribution in [3.63, 3.8) is 0 Å². The molecule has 0 nitrogen and oxygen atoms in total. The zero-order valence-corrected chi connectivity index (χ0v) is 4.81. The van der Waals surface area contributed by atoms with Crippen LogP contribution in [0.1, 0.15) is 0 Å². The molecule has 0 saturated carbocycles. The van der Waals surface area contributed by atoms with Crippen LogP contribution in [0, 0.1) is 12.0 Å². The Hall–Kier alpha value is -0.223. The number of terminal acetylenes is 1. The Labute approximate surface area is 34.8 Å². The van der Waals surface area contributed by atoms with Gasteiger partial charge in [0.15, 0.2) is 0 Å². The summed E-state index contributed by atoms with van der Waals surface area (Å²) in [5, 5.41) is 0. The fraction of sp³-hybridized carbons (Fsp3) is 0.500. The van der Waals surface area contributed by atoms with E-state index >= 15 is 0 Å². The van der Waals surface area contributed by atoms with Gasteiger partial charge in [-0.25, -0.2) is 0 Å². The first-order valence-corrected chi connectivity index (χ1v) is 4.62. The Bertz CT molecular complexity index is 49.2. The van der Waals surface area contributed by atoms with Gasteiger partial charge in [0.1, 0.15) is 8.80 Å². The average Bonchev–Trinajstić information content (AvgIpc) is 1.38. The van der Waals surface area contributed by atoms with Gasteiger partial charge in [0.05, 0.1) is 0 Å². The lowest BCUT2D eigenvalue weighted by atomic mass is 11.4. The molecule has 1 heteroatoms. The highest BCUT2D eigenvalue weighted by Gasteiger charge is 1.78. The SMILES string of the molecule is C#C[SiH](C)C. The standard InChI is InChI=1S/C4H8Si/c1-4-5(2)3/h1,5H,2-3H3.